The number of nitrogens with zero attached hydrogens (tertiary/aromatic N) is 1. The standard InChI is InChI=1S/C11H21NO3/c1-3-15-11(14)10-5-4-6-12(8-10)7-9(2)13/h9-10,13H,3-8H2,1-2H3. The number of β-amino-alcohol motifs (C(OH)–C–C–N with tert-alkyl or cyclic N) is 1. The van der Waals surface area contributed by atoms with Crippen LogP contribution in [0.5, 0.6) is 0 Å². The summed E-state index contributed by atoms with van der Waals surface area (Å²) in [7, 11) is 0. The maximum absolute atomic E-state index is 11.5. The zero-order valence-corrected chi connectivity index (χ0v) is 9.61. The lowest BCUT2D eigenvalue weighted by Gasteiger charge is -2.32. The normalized spacial score (nSPS) is 24.9. The number of carbonyl (C=O) groups excluding carboxylic acids is 1. The van der Waals surface area contributed by atoms with Crippen LogP contribution in [0.1, 0.15) is 26.7 Å². The van der Waals surface area contributed by atoms with Crippen molar-refractivity contribution in [3.63, 3.8) is 0 Å². The molecule has 15 heavy (non-hydrogen) atoms. The molecule has 4 heteroatoms. The molecule has 4 nitrogen and oxygen atoms in total. The van der Waals surface area contributed by atoms with Gasteiger partial charge in [-0.15, -0.1) is 0 Å². The van der Waals surface area contributed by atoms with E-state index in [1.807, 2.05) is 6.92 Å². The lowest BCUT2D eigenvalue weighted by atomic mass is 9.98. The number of aliphatic hydroxyl groups excluding tert-OH is 1. The van der Waals surface area contributed by atoms with Gasteiger partial charge in [-0.2, -0.15) is 0 Å². The fourth-order valence-corrected chi connectivity index (χ4v) is 2.05. The SMILES string of the molecule is CCOC(=O)C1CCCN(CC(C)O)C1. The Morgan fingerprint density at radius 3 is 3.00 bits per heavy atom. The molecule has 1 N–H and O–H groups in total. The number of esters is 1. The molecule has 0 aromatic carbocycles. The van der Waals surface area contributed by atoms with Crippen LogP contribution in [-0.2, 0) is 9.53 Å². The van der Waals surface area contributed by atoms with E-state index >= 15 is 0 Å². The largest absolute Gasteiger partial charge is 0.466 e. The first-order valence-electron chi connectivity index (χ1n) is 5.70. The van der Waals surface area contributed by atoms with Gasteiger partial charge in [-0.05, 0) is 33.2 Å². The fraction of sp³-hybridized carbons (Fsp3) is 0.909. The minimum absolute atomic E-state index is 0.00236. The zero-order valence-electron chi connectivity index (χ0n) is 9.61. The highest BCUT2D eigenvalue weighted by atomic mass is 16.5. The number of aliphatic hydroxyl groups is 1. The average molecular weight is 215 g/mol. The van der Waals surface area contributed by atoms with Crippen LogP contribution in [0.4, 0.5) is 0 Å². The average Bonchev–Trinajstić information content (AvgIpc) is 2.17. The molecule has 2 atom stereocenters. The van der Waals surface area contributed by atoms with E-state index < -0.39 is 0 Å². The van der Waals surface area contributed by atoms with E-state index in [2.05, 4.69) is 4.90 Å². The van der Waals surface area contributed by atoms with Crippen molar-refractivity contribution in [3.05, 3.63) is 0 Å². The molecule has 0 aliphatic carbocycles. The Hall–Kier alpha value is -0.610. The van der Waals surface area contributed by atoms with Gasteiger partial charge < -0.3 is 9.84 Å². The van der Waals surface area contributed by atoms with E-state index in [1.165, 1.54) is 0 Å². The Morgan fingerprint density at radius 1 is 1.67 bits per heavy atom. The highest BCUT2D eigenvalue weighted by Crippen LogP contribution is 2.17. The molecule has 1 fully saturated rings. The van der Waals surface area contributed by atoms with E-state index in [0.717, 1.165) is 25.9 Å². The third kappa shape index (κ3) is 4.18. The van der Waals surface area contributed by atoms with Gasteiger partial charge in [0.1, 0.15) is 0 Å². The lowest BCUT2D eigenvalue weighted by Crippen LogP contribution is -2.42. The third-order valence-corrected chi connectivity index (χ3v) is 2.65. The van der Waals surface area contributed by atoms with Gasteiger partial charge in [0, 0.05) is 13.1 Å². The monoisotopic (exact) mass is 215 g/mol. The molecule has 0 bridgehead atoms. The molecule has 1 aliphatic rings. The van der Waals surface area contributed by atoms with Gasteiger partial charge in [0.05, 0.1) is 18.6 Å². The van der Waals surface area contributed by atoms with Crippen molar-refractivity contribution in [2.45, 2.75) is 32.8 Å². The van der Waals surface area contributed by atoms with Crippen LogP contribution < -0.4 is 0 Å². The van der Waals surface area contributed by atoms with Crippen molar-refractivity contribution < 1.29 is 14.6 Å². The minimum Gasteiger partial charge on any atom is -0.466 e. The zero-order chi connectivity index (χ0) is 11.3. The van der Waals surface area contributed by atoms with E-state index in [0.29, 0.717) is 13.2 Å². The predicted octanol–water partition coefficient (Wildman–Crippen LogP) is 0.642. The molecule has 1 rings (SSSR count). The summed E-state index contributed by atoms with van der Waals surface area (Å²) >= 11 is 0. The van der Waals surface area contributed by atoms with Crippen LogP contribution in [0.2, 0.25) is 0 Å². The van der Waals surface area contributed by atoms with Crippen LogP contribution in [-0.4, -0.2) is 48.3 Å². The second-order valence-corrected chi connectivity index (χ2v) is 4.20. The fourth-order valence-electron chi connectivity index (χ4n) is 2.05. The second kappa shape index (κ2) is 6.08. The number of likely N-dealkylation sites (tertiary alicyclic amines) is 1. The Balaban J connectivity index is 2.38. The van der Waals surface area contributed by atoms with Crippen molar-refractivity contribution >= 4 is 5.97 Å². The molecule has 1 heterocycles. The van der Waals surface area contributed by atoms with E-state index in [-0.39, 0.29) is 18.0 Å². The highest BCUT2D eigenvalue weighted by molar-refractivity contribution is 5.72. The van der Waals surface area contributed by atoms with Crippen molar-refractivity contribution in [1.29, 1.82) is 0 Å². The first-order valence-corrected chi connectivity index (χ1v) is 5.70. The van der Waals surface area contributed by atoms with Gasteiger partial charge in [-0.25, -0.2) is 0 Å². The number of ether oxygens (including phenoxy) is 1. The Morgan fingerprint density at radius 2 is 2.40 bits per heavy atom. The minimum atomic E-state index is -0.328. The molecule has 0 aromatic rings. The quantitative estimate of drug-likeness (QED) is 0.699. The smallest absolute Gasteiger partial charge is 0.310 e. The van der Waals surface area contributed by atoms with E-state index in [1.54, 1.807) is 6.92 Å². The summed E-state index contributed by atoms with van der Waals surface area (Å²) in [5, 5.41) is 9.28. The highest BCUT2D eigenvalue weighted by Gasteiger charge is 2.26. The molecule has 0 radical (unpaired) electrons. The molecule has 88 valence electrons. The molecule has 2 unspecified atom stereocenters. The first-order chi connectivity index (χ1) is 7.13. The van der Waals surface area contributed by atoms with Crippen molar-refractivity contribution in [3.8, 4) is 0 Å². The van der Waals surface area contributed by atoms with Crippen LogP contribution in [0.15, 0.2) is 0 Å². The van der Waals surface area contributed by atoms with Gasteiger partial charge in [-0.3, -0.25) is 9.69 Å². The summed E-state index contributed by atoms with van der Waals surface area (Å²) in [6.07, 6.45) is 1.59. The molecule has 0 aromatic heterocycles. The molecular weight excluding hydrogens is 194 g/mol. The summed E-state index contributed by atoms with van der Waals surface area (Å²) in [5.41, 5.74) is 0. The number of piperidine rings is 1. The Bertz CT molecular complexity index is 206. The molecule has 1 saturated heterocycles. The topological polar surface area (TPSA) is 49.8 Å². The summed E-state index contributed by atoms with van der Waals surface area (Å²) in [4.78, 5) is 13.7. The van der Waals surface area contributed by atoms with Gasteiger partial charge in [-0.1, -0.05) is 0 Å². The van der Waals surface area contributed by atoms with Gasteiger partial charge in [0.15, 0.2) is 0 Å². The van der Waals surface area contributed by atoms with Crippen LogP contribution in [0, 0.1) is 5.92 Å². The molecule has 0 saturated carbocycles. The maximum Gasteiger partial charge on any atom is 0.310 e. The summed E-state index contributed by atoms with van der Waals surface area (Å²) < 4.78 is 5.01. The van der Waals surface area contributed by atoms with Crippen molar-refractivity contribution in [2.24, 2.45) is 5.92 Å². The Kier molecular flexibility index (Phi) is 5.05. The summed E-state index contributed by atoms with van der Waals surface area (Å²) in [5.74, 6) is -0.0924. The van der Waals surface area contributed by atoms with Gasteiger partial charge in [0.2, 0.25) is 0 Å². The first kappa shape index (κ1) is 12.5. The molecule has 0 amide bonds. The predicted molar refractivity (Wildman–Crippen MR) is 57.5 cm³/mol. The van der Waals surface area contributed by atoms with Crippen LogP contribution in [0.25, 0.3) is 0 Å². The number of hydrogen-bond donors (Lipinski definition) is 1. The van der Waals surface area contributed by atoms with E-state index in [4.69, 9.17) is 4.74 Å². The summed E-state index contributed by atoms with van der Waals surface area (Å²) in [6, 6.07) is 0. The van der Waals surface area contributed by atoms with Crippen molar-refractivity contribution in [2.75, 3.05) is 26.2 Å². The Labute approximate surface area is 91.2 Å². The van der Waals surface area contributed by atoms with Gasteiger partial charge in [0.25, 0.3) is 0 Å². The maximum atomic E-state index is 11.5. The number of hydrogen-bond acceptors (Lipinski definition) is 4. The molecule has 1 aliphatic heterocycles. The lowest BCUT2D eigenvalue weighted by molar-refractivity contribution is -0.150. The van der Waals surface area contributed by atoms with Crippen molar-refractivity contribution in [1.82, 2.24) is 4.90 Å². The molecular formula is C11H21NO3. The van der Waals surface area contributed by atoms with Crippen LogP contribution >= 0.6 is 0 Å². The summed E-state index contributed by atoms with van der Waals surface area (Å²) in [6.45, 7) is 6.40. The number of rotatable bonds is 4. The van der Waals surface area contributed by atoms with E-state index in [9.17, 15) is 9.90 Å². The third-order valence-electron chi connectivity index (χ3n) is 2.65. The van der Waals surface area contributed by atoms with Crippen LogP contribution in [0.3, 0.4) is 0 Å². The second-order valence-electron chi connectivity index (χ2n) is 4.20. The number of carbonyl (C=O) groups is 1. The molecule has 0 spiro atoms. The van der Waals surface area contributed by atoms with Gasteiger partial charge >= 0.3 is 5.97 Å².